The molecule has 3 atom stereocenters. The third-order valence-electron chi connectivity index (χ3n) is 5.24. The molecule has 1 aromatic carbocycles. The van der Waals surface area contributed by atoms with Crippen molar-refractivity contribution in [3.63, 3.8) is 0 Å². The van der Waals surface area contributed by atoms with Crippen molar-refractivity contribution in [3.05, 3.63) is 53.9 Å². The van der Waals surface area contributed by atoms with E-state index in [0.29, 0.717) is 17.1 Å². The van der Waals surface area contributed by atoms with E-state index in [-0.39, 0.29) is 17.5 Å². The Bertz CT molecular complexity index is 1150. The predicted octanol–water partition coefficient (Wildman–Crippen LogP) is 0.708. The van der Waals surface area contributed by atoms with Gasteiger partial charge in [-0.1, -0.05) is 12.0 Å². The Labute approximate surface area is 166 Å². The second kappa shape index (κ2) is 7.04. The van der Waals surface area contributed by atoms with E-state index in [1.54, 1.807) is 41.0 Å². The molecule has 29 heavy (non-hydrogen) atoms. The highest BCUT2D eigenvalue weighted by molar-refractivity contribution is 6.03. The van der Waals surface area contributed by atoms with Gasteiger partial charge in [0.2, 0.25) is 0 Å². The van der Waals surface area contributed by atoms with Gasteiger partial charge in [0.1, 0.15) is 6.10 Å². The fraction of sp³-hybridized carbons (Fsp3) is 0.238. The molecule has 2 amide bonds. The number of primary amides is 1. The molecule has 0 spiro atoms. The highest BCUT2D eigenvalue weighted by Gasteiger charge is 2.56. The summed E-state index contributed by atoms with van der Waals surface area (Å²) in [7, 11) is 1.75. The van der Waals surface area contributed by atoms with Crippen LogP contribution in [0.3, 0.4) is 0 Å². The monoisotopic (exact) mass is 389 g/mol. The van der Waals surface area contributed by atoms with Gasteiger partial charge in [0.05, 0.1) is 11.1 Å². The number of amides is 2. The van der Waals surface area contributed by atoms with Crippen LogP contribution in [0.15, 0.2) is 42.6 Å². The summed E-state index contributed by atoms with van der Waals surface area (Å²) < 4.78 is 1.57. The second-order valence-corrected chi connectivity index (χ2v) is 7.05. The van der Waals surface area contributed by atoms with Crippen LogP contribution in [-0.4, -0.2) is 55.8 Å². The maximum absolute atomic E-state index is 11.5. The third-order valence-corrected chi connectivity index (χ3v) is 5.24. The zero-order valence-electron chi connectivity index (χ0n) is 15.7. The summed E-state index contributed by atoms with van der Waals surface area (Å²) in [6.45, 7) is 0. The first kappa shape index (κ1) is 18.7. The van der Waals surface area contributed by atoms with Crippen LogP contribution >= 0.6 is 0 Å². The van der Waals surface area contributed by atoms with Crippen LogP contribution in [0.2, 0.25) is 0 Å². The molecule has 3 aromatic rings. The first-order valence-electron chi connectivity index (χ1n) is 9.07. The average molecular weight is 389 g/mol. The number of terminal acetylenes is 1. The lowest BCUT2D eigenvalue weighted by Crippen LogP contribution is -2.30. The van der Waals surface area contributed by atoms with Gasteiger partial charge in [-0.2, -0.15) is 5.10 Å². The molecule has 5 rings (SSSR count). The SMILES string of the molecule is C#Cc1cccc(-n2nc(C(N)=O)c3cccnc32)c1.CN1C(=O)C(O)C2CC21. The molecule has 2 fully saturated rings. The van der Waals surface area contributed by atoms with Crippen LogP contribution in [0.25, 0.3) is 16.7 Å². The van der Waals surface area contributed by atoms with Gasteiger partial charge < -0.3 is 15.7 Å². The van der Waals surface area contributed by atoms with E-state index in [9.17, 15) is 9.59 Å². The maximum atomic E-state index is 11.5. The first-order valence-corrected chi connectivity index (χ1v) is 9.07. The van der Waals surface area contributed by atoms with E-state index in [2.05, 4.69) is 16.0 Å². The van der Waals surface area contributed by atoms with E-state index in [0.717, 1.165) is 17.7 Å². The molecule has 2 aromatic heterocycles. The van der Waals surface area contributed by atoms with Crippen molar-refractivity contribution < 1.29 is 14.7 Å². The number of likely N-dealkylation sites (N-methyl/N-ethyl adjacent to an activating group) is 1. The minimum Gasteiger partial charge on any atom is -0.383 e. The van der Waals surface area contributed by atoms with Crippen LogP contribution in [0.5, 0.6) is 0 Å². The zero-order valence-corrected chi connectivity index (χ0v) is 15.7. The number of fused-ring (bicyclic) bond motifs is 2. The lowest BCUT2D eigenvalue weighted by atomic mass is 10.2. The number of piperidine rings is 1. The molecule has 1 aliphatic heterocycles. The molecule has 2 aliphatic rings. The molecule has 0 bridgehead atoms. The predicted molar refractivity (Wildman–Crippen MR) is 106 cm³/mol. The van der Waals surface area contributed by atoms with Crippen LogP contribution < -0.4 is 5.73 Å². The number of carbonyl (C=O) groups is 2. The molecule has 1 saturated carbocycles. The van der Waals surface area contributed by atoms with Gasteiger partial charge in [-0.15, -0.1) is 6.42 Å². The molecule has 8 nitrogen and oxygen atoms in total. The number of rotatable bonds is 2. The number of aromatic nitrogens is 3. The fourth-order valence-corrected chi connectivity index (χ4v) is 3.58. The number of nitrogens with zero attached hydrogens (tertiary/aromatic N) is 4. The number of nitrogens with two attached hydrogens (primary N) is 1. The van der Waals surface area contributed by atoms with Crippen molar-refractivity contribution in [2.24, 2.45) is 11.7 Å². The van der Waals surface area contributed by atoms with Crippen molar-refractivity contribution in [1.82, 2.24) is 19.7 Å². The number of pyridine rings is 1. The van der Waals surface area contributed by atoms with E-state index in [1.165, 1.54) is 0 Å². The summed E-state index contributed by atoms with van der Waals surface area (Å²) in [6.07, 6.45) is 7.35. The fourth-order valence-electron chi connectivity index (χ4n) is 3.58. The molecule has 146 valence electrons. The standard InChI is InChI=1S/C15H10N4O.C6H9NO2/c1-2-10-5-3-6-11(9-10)19-15-12(7-4-8-17-15)13(18-19)14(16)20;1-7-4-2-3(4)5(8)6(7)9/h1,3-9H,(H2,16,20);3-5,8H,2H2,1H3. The molecule has 1 saturated heterocycles. The summed E-state index contributed by atoms with van der Waals surface area (Å²) in [5.41, 5.74) is 7.57. The summed E-state index contributed by atoms with van der Waals surface area (Å²) >= 11 is 0. The van der Waals surface area contributed by atoms with Crippen LogP contribution in [0.4, 0.5) is 0 Å². The number of aliphatic hydroxyl groups excluding tert-OH is 1. The van der Waals surface area contributed by atoms with E-state index < -0.39 is 12.0 Å². The summed E-state index contributed by atoms with van der Waals surface area (Å²) in [4.78, 5) is 28.2. The number of likely N-dealkylation sites (tertiary alicyclic amines) is 1. The molecular weight excluding hydrogens is 370 g/mol. The van der Waals surface area contributed by atoms with Gasteiger partial charge >= 0.3 is 0 Å². The van der Waals surface area contributed by atoms with Gasteiger partial charge in [-0.05, 0) is 36.8 Å². The van der Waals surface area contributed by atoms with Gasteiger partial charge in [-0.25, -0.2) is 9.67 Å². The molecule has 3 unspecified atom stereocenters. The Kier molecular flexibility index (Phi) is 4.53. The van der Waals surface area contributed by atoms with Gasteiger partial charge in [-0.3, -0.25) is 9.59 Å². The number of hydrogen-bond acceptors (Lipinski definition) is 5. The maximum Gasteiger partial charge on any atom is 0.269 e. The Morgan fingerprint density at radius 3 is 2.72 bits per heavy atom. The molecule has 3 N–H and O–H groups in total. The van der Waals surface area contributed by atoms with Crippen molar-refractivity contribution in [3.8, 4) is 18.0 Å². The number of aliphatic hydroxyl groups is 1. The second-order valence-electron chi connectivity index (χ2n) is 7.05. The minimum absolute atomic E-state index is 0.101. The largest absolute Gasteiger partial charge is 0.383 e. The van der Waals surface area contributed by atoms with Crippen molar-refractivity contribution in [2.45, 2.75) is 18.6 Å². The lowest BCUT2D eigenvalue weighted by molar-refractivity contribution is -0.135. The Balaban J connectivity index is 0.000000188. The summed E-state index contributed by atoms with van der Waals surface area (Å²) in [5, 5.41) is 13.9. The Hall–Kier alpha value is -3.70. The topological polar surface area (TPSA) is 114 Å². The quantitative estimate of drug-likeness (QED) is 0.627. The van der Waals surface area contributed by atoms with Crippen molar-refractivity contribution in [2.75, 3.05) is 7.05 Å². The molecule has 0 radical (unpaired) electrons. The highest BCUT2D eigenvalue weighted by atomic mass is 16.3. The zero-order chi connectivity index (χ0) is 20.7. The smallest absolute Gasteiger partial charge is 0.269 e. The molecule has 8 heteroatoms. The van der Waals surface area contributed by atoms with Crippen molar-refractivity contribution in [1.29, 1.82) is 0 Å². The van der Waals surface area contributed by atoms with Gasteiger partial charge in [0, 0.05) is 30.8 Å². The van der Waals surface area contributed by atoms with Gasteiger partial charge in [0.15, 0.2) is 11.3 Å². The first-order chi connectivity index (χ1) is 13.9. The number of benzene rings is 1. The van der Waals surface area contributed by atoms with Crippen LogP contribution in [-0.2, 0) is 4.79 Å². The molecule has 1 aliphatic carbocycles. The number of carbonyl (C=O) groups excluding carboxylic acids is 2. The Morgan fingerprint density at radius 1 is 1.34 bits per heavy atom. The van der Waals surface area contributed by atoms with E-state index >= 15 is 0 Å². The van der Waals surface area contributed by atoms with Crippen LogP contribution in [0, 0.1) is 18.3 Å². The lowest BCUT2D eigenvalue weighted by Gasteiger charge is -2.10. The molecular formula is C21H19N5O3. The van der Waals surface area contributed by atoms with Crippen molar-refractivity contribution >= 4 is 22.8 Å². The van der Waals surface area contributed by atoms with Gasteiger partial charge in [0.25, 0.3) is 11.8 Å². The molecule has 3 heterocycles. The van der Waals surface area contributed by atoms with E-state index in [1.807, 2.05) is 18.2 Å². The summed E-state index contributed by atoms with van der Waals surface area (Å²) in [5.74, 6) is 2.14. The normalized spacial score (nSPS) is 21.9. The minimum atomic E-state index is -0.681. The van der Waals surface area contributed by atoms with Crippen LogP contribution in [0.1, 0.15) is 22.5 Å². The van der Waals surface area contributed by atoms with E-state index in [4.69, 9.17) is 17.3 Å². The average Bonchev–Trinajstić information content (AvgIpc) is 3.39. The summed E-state index contributed by atoms with van der Waals surface area (Å²) in [6, 6.07) is 11.1. The Morgan fingerprint density at radius 2 is 2.14 bits per heavy atom. The third kappa shape index (κ3) is 3.22. The highest BCUT2D eigenvalue weighted by Crippen LogP contribution is 2.44. The number of hydrogen-bond donors (Lipinski definition) is 2.